The molecule has 1 N–H and O–H groups in total. The summed E-state index contributed by atoms with van der Waals surface area (Å²) >= 11 is 7.33. The third kappa shape index (κ3) is 4.55. The summed E-state index contributed by atoms with van der Waals surface area (Å²) in [4.78, 5) is 0. The second-order valence-electron chi connectivity index (χ2n) is 6.73. The molecule has 0 amide bonds. The van der Waals surface area contributed by atoms with Crippen molar-refractivity contribution in [2.45, 2.75) is 36.6 Å². The van der Waals surface area contributed by atoms with Gasteiger partial charge < -0.3 is 9.84 Å². The fourth-order valence-corrected chi connectivity index (χ4v) is 4.26. The van der Waals surface area contributed by atoms with Crippen molar-refractivity contribution in [1.82, 2.24) is 20.2 Å². The number of aromatic nitrogens is 4. The molecule has 0 saturated carbocycles. The number of tetrazole rings is 1. The van der Waals surface area contributed by atoms with E-state index in [9.17, 15) is 5.11 Å². The molecule has 1 aliphatic carbocycles. The van der Waals surface area contributed by atoms with Crippen LogP contribution in [0, 0.1) is 0 Å². The van der Waals surface area contributed by atoms with Gasteiger partial charge in [0.1, 0.15) is 0 Å². The molecule has 0 fully saturated rings. The van der Waals surface area contributed by atoms with E-state index in [1.54, 1.807) is 16.8 Å². The van der Waals surface area contributed by atoms with Crippen molar-refractivity contribution in [2.24, 2.45) is 0 Å². The number of thioether (sulfide) groups is 1. The summed E-state index contributed by atoms with van der Waals surface area (Å²) in [6.45, 7) is 0.286. The first-order valence-electron chi connectivity index (χ1n) is 9.25. The van der Waals surface area contributed by atoms with E-state index in [0.29, 0.717) is 15.9 Å². The smallest absolute Gasteiger partial charge is 0.214 e. The summed E-state index contributed by atoms with van der Waals surface area (Å²) in [5.41, 5.74) is 3.42. The van der Waals surface area contributed by atoms with E-state index in [2.05, 4.69) is 33.7 Å². The topological polar surface area (TPSA) is 73.1 Å². The Bertz CT molecular complexity index is 919. The number of benzene rings is 2. The van der Waals surface area contributed by atoms with Crippen LogP contribution in [0.1, 0.15) is 30.1 Å². The summed E-state index contributed by atoms with van der Waals surface area (Å²) in [5.74, 6) is 0.447. The molecule has 28 heavy (non-hydrogen) atoms. The molecule has 0 aliphatic heterocycles. The lowest BCUT2D eigenvalue weighted by atomic mass is 9.89. The first-order chi connectivity index (χ1) is 13.7. The minimum absolute atomic E-state index is 0.0592. The molecule has 1 heterocycles. The Hall–Kier alpha value is -1.93. The van der Waals surface area contributed by atoms with Gasteiger partial charge in [0.15, 0.2) is 0 Å². The van der Waals surface area contributed by atoms with Gasteiger partial charge in [0.25, 0.3) is 0 Å². The third-order valence-corrected chi connectivity index (χ3v) is 6.04. The third-order valence-electron chi connectivity index (χ3n) is 4.72. The van der Waals surface area contributed by atoms with Crippen molar-refractivity contribution in [3.63, 3.8) is 0 Å². The minimum Gasteiger partial charge on any atom is -0.390 e. The maximum atomic E-state index is 10.4. The van der Waals surface area contributed by atoms with Gasteiger partial charge in [0.05, 0.1) is 24.5 Å². The zero-order chi connectivity index (χ0) is 19.3. The van der Waals surface area contributed by atoms with E-state index in [4.69, 9.17) is 16.3 Å². The Morgan fingerprint density at radius 1 is 1.21 bits per heavy atom. The molecule has 8 heteroatoms. The van der Waals surface area contributed by atoms with Gasteiger partial charge in [-0.2, -0.15) is 4.68 Å². The Morgan fingerprint density at radius 2 is 2.04 bits per heavy atom. The van der Waals surface area contributed by atoms with Crippen LogP contribution in [0.4, 0.5) is 0 Å². The summed E-state index contributed by atoms with van der Waals surface area (Å²) in [5, 5.41) is 23.5. The lowest BCUT2D eigenvalue weighted by Crippen LogP contribution is -2.22. The second kappa shape index (κ2) is 9.05. The lowest BCUT2D eigenvalue weighted by molar-refractivity contribution is -0.00960. The molecule has 3 aromatic rings. The number of hydrogen-bond acceptors (Lipinski definition) is 6. The molecule has 2 atom stereocenters. The molecule has 2 aromatic carbocycles. The molecule has 146 valence electrons. The quantitative estimate of drug-likeness (QED) is 0.589. The summed E-state index contributed by atoms with van der Waals surface area (Å²) in [6.07, 6.45) is 2.66. The van der Waals surface area contributed by atoms with E-state index in [0.717, 1.165) is 24.9 Å². The first kappa shape index (κ1) is 19.4. The average Bonchev–Trinajstić information content (AvgIpc) is 3.20. The molecule has 0 unspecified atom stereocenters. The second-order valence-corrected chi connectivity index (χ2v) is 8.15. The molecule has 0 saturated heterocycles. The molecule has 0 bridgehead atoms. The number of ether oxygens (including phenoxy) is 1. The molecule has 0 radical (unpaired) electrons. The maximum absolute atomic E-state index is 10.4. The largest absolute Gasteiger partial charge is 0.390 e. The number of rotatable bonds is 7. The SMILES string of the molecule is O[C@H](CO[C@@H]1CCCc2ccccc21)CSc1nnnn1-c1ccc(Cl)cc1. The molecule has 0 spiro atoms. The van der Waals surface area contributed by atoms with Crippen LogP contribution in [0.25, 0.3) is 5.69 Å². The number of halogens is 1. The fourth-order valence-electron chi connectivity index (χ4n) is 3.34. The Kier molecular flexibility index (Phi) is 6.26. The lowest BCUT2D eigenvalue weighted by Gasteiger charge is -2.26. The molecule has 1 aliphatic rings. The number of fused-ring (bicyclic) bond motifs is 1. The van der Waals surface area contributed by atoms with Crippen molar-refractivity contribution in [2.75, 3.05) is 12.4 Å². The molecule has 4 rings (SSSR count). The number of aryl methyl sites for hydroxylation is 1. The van der Waals surface area contributed by atoms with Gasteiger partial charge in [0, 0.05) is 10.8 Å². The van der Waals surface area contributed by atoms with Crippen molar-refractivity contribution >= 4 is 23.4 Å². The van der Waals surface area contributed by atoms with Gasteiger partial charge in [0.2, 0.25) is 5.16 Å². The van der Waals surface area contributed by atoms with Crippen LogP contribution in [-0.2, 0) is 11.2 Å². The Morgan fingerprint density at radius 3 is 2.89 bits per heavy atom. The summed E-state index contributed by atoms with van der Waals surface area (Å²) in [6, 6.07) is 15.7. The van der Waals surface area contributed by atoms with Crippen LogP contribution in [-0.4, -0.2) is 43.8 Å². The number of hydrogen-bond donors (Lipinski definition) is 1. The van der Waals surface area contributed by atoms with E-state index in [-0.39, 0.29) is 12.7 Å². The Balaban J connectivity index is 1.32. The molecule has 6 nitrogen and oxygen atoms in total. The van der Waals surface area contributed by atoms with Crippen LogP contribution in [0.3, 0.4) is 0 Å². The van der Waals surface area contributed by atoms with Crippen molar-refractivity contribution in [3.8, 4) is 5.69 Å². The maximum Gasteiger partial charge on any atom is 0.214 e. The van der Waals surface area contributed by atoms with Crippen LogP contribution >= 0.6 is 23.4 Å². The fraction of sp³-hybridized carbons (Fsp3) is 0.350. The highest BCUT2D eigenvalue weighted by Crippen LogP contribution is 2.32. The highest BCUT2D eigenvalue weighted by molar-refractivity contribution is 7.99. The van der Waals surface area contributed by atoms with Crippen LogP contribution in [0.5, 0.6) is 0 Å². The highest BCUT2D eigenvalue weighted by atomic mass is 35.5. The monoisotopic (exact) mass is 416 g/mol. The van der Waals surface area contributed by atoms with Gasteiger partial charge in [-0.25, -0.2) is 0 Å². The van der Waals surface area contributed by atoms with Crippen molar-refractivity contribution in [3.05, 3.63) is 64.7 Å². The van der Waals surface area contributed by atoms with Crippen LogP contribution < -0.4 is 0 Å². The van der Waals surface area contributed by atoms with Gasteiger partial charge in [-0.1, -0.05) is 47.6 Å². The summed E-state index contributed by atoms with van der Waals surface area (Å²) in [7, 11) is 0. The zero-order valence-electron chi connectivity index (χ0n) is 15.2. The molecular formula is C20H21ClN4O2S. The average molecular weight is 417 g/mol. The molecule has 1 aromatic heterocycles. The van der Waals surface area contributed by atoms with E-state index >= 15 is 0 Å². The van der Waals surface area contributed by atoms with Crippen LogP contribution in [0.15, 0.2) is 53.7 Å². The zero-order valence-corrected chi connectivity index (χ0v) is 16.8. The number of nitrogens with zero attached hydrogens (tertiary/aromatic N) is 4. The van der Waals surface area contributed by atoms with Gasteiger partial charge in [-0.05, 0) is 65.1 Å². The predicted octanol–water partition coefficient (Wildman–Crippen LogP) is 3.86. The highest BCUT2D eigenvalue weighted by Gasteiger charge is 2.21. The minimum atomic E-state index is -0.602. The number of aliphatic hydroxyl groups excluding tert-OH is 1. The van der Waals surface area contributed by atoms with Crippen molar-refractivity contribution in [1.29, 1.82) is 0 Å². The van der Waals surface area contributed by atoms with Gasteiger partial charge in [-0.15, -0.1) is 5.10 Å². The van der Waals surface area contributed by atoms with Crippen LogP contribution in [0.2, 0.25) is 5.02 Å². The predicted molar refractivity (Wildman–Crippen MR) is 109 cm³/mol. The standard InChI is InChI=1S/C20H21ClN4O2S/c21-15-8-10-16(11-9-15)25-20(22-23-24-25)28-13-17(26)12-27-19-7-3-5-14-4-1-2-6-18(14)19/h1-2,4,6,8-11,17,19,26H,3,5,7,12-13H2/t17-,19-/m1/s1. The van der Waals surface area contributed by atoms with Crippen molar-refractivity contribution < 1.29 is 9.84 Å². The Labute approximate surface area is 172 Å². The van der Waals surface area contributed by atoms with E-state index in [1.807, 2.05) is 18.2 Å². The van der Waals surface area contributed by atoms with E-state index < -0.39 is 6.10 Å². The first-order valence-corrected chi connectivity index (χ1v) is 10.6. The normalized spacial score (nSPS) is 17.3. The summed E-state index contributed by atoms with van der Waals surface area (Å²) < 4.78 is 7.66. The van der Waals surface area contributed by atoms with Gasteiger partial charge >= 0.3 is 0 Å². The van der Waals surface area contributed by atoms with Gasteiger partial charge in [-0.3, -0.25) is 0 Å². The number of aliphatic hydroxyl groups is 1. The molecular weight excluding hydrogens is 396 g/mol. The van der Waals surface area contributed by atoms with E-state index in [1.165, 1.54) is 22.9 Å².